The summed E-state index contributed by atoms with van der Waals surface area (Å²) in [6, 6.07) is 15.4. The molecule has 31 heavy (non-hydrogen) atoms. The number of methoxy groups -OCH3 is 1. The van der Waals surface area contributed by atoms with Gasteiger partial charge in [-0.1, -0.05) is 18.2 Å². The predicted molar refractivity (Wildman–Crippen MR) is 122 cm³/mol. The van der Waals surface area contributed by atoms with E-state index in [1.807, 2.05) is 32.0 Å². The van der Waals surface area contributed by atoms with Gasteiger partial charge in [-0.2, -0.15) is 5.26 Å². The molecule has 0 atom stereocenters. The minimum atomic E-state index is -0.227. The number of carbonyl (C=O) groups excluding carboxylic acids is 1. The molecule has 162 valence electrons. The zero-order valence-electron chi connectivity index (χ0n) is 18.4. The molecule has 2 aromatic carbocycles. The Kier molecular flexibility index (Phi) is 7.63. The van der Waals surface area contributed by atoms with Crippen LogP contribution in [-0.4, -0.2) is 61.5 Å². The Morgan fingerprint density at radius 3 is 2.65 bits per heavy atom. The Balaban J connectivity index is 1.84. The summed E-state index contributed by atoms with van der Waals surface area (Å²) in [5.41, 5.74) is 3.52. The van der Waals surface area contributed by atoms with Crippen LogP contribution in [-0.2, 0) is 0 Å². The first-order chi connectivity index (χ1) is 15.0. The maximum atomic E-state index is 13.0. The molecular formula is C24H29N5O2. The van der Waals surface area contributed by atoms with Crippen LogP contribution in [0.15, 0.2) is 47.5 Å². The normalized spacial score (nSPS) is 14.8. The molecule has 1 amide bonds. The van der Waals surface area contributed by atoms with E-state index in [2.05, 4.69) is 27.3 Å². The molecule has 3 rings (SSSR count). The molecular weight excluding hydrogens is 390 g/mol. The van der Waals surface area contributed by atoms with Crippen molar-refractivity contribution in [1.29, 1.82) is 5.26 Å². The monoisotopic (exact) mass is 419 g/mol. The van der Waals surface area contributed by atoms with Crippen LogP contribution in [0.5, 0.6) is 5.75 Å². The number of rotatable bonds is 5. The van der Waals surface area contributed by atoms with Gasteiger partial charge in [-0.05, 0) is 49.2 Å². The number of nitrogens with zero attached hydrogens (tertiary/aromatic N) is 4. The minimum absolute atomic E-state index is 0.227. The van der Waals surface area contributed by atoms with E-state index in [9.17, 15) is 4.79 Å². The number of guanidine groups is 1. The van der Waals surface area contributed by atoms with Crippen LogP contribution in [0.4, 0.5) is 5.69 Å². The number of carbonyl (C=O) groups is 1. The molecule has 2 aromatic rings. The Bertz CT molecular complexity index is 988. The molecule has 0 radical (unpaired) electrons. The van der Waals surface area contributed by atoms with Crippen molar-refractivity contribution in [2.45, 2.75) is 20.3 Å². The number of hydrogen-bond donors (Lipinski definition) is 1. The molecule has 0 bridgehead atoms. The molecule has 7 nitrogen and oxygen atoms in total. The van der Waals surface area contributed by atoms with E-state index >= 15 is 0 Å². The van der Waals surface area contributed by atoms with Crippen molar-refractivity contribution in [3.8, 4) is 11.8 Å². The molecule has 1 heterocycles. The zero-order valence-corrected chi connectivity index (χ0v) is 18.4. The van der Waals surface area contributed by atoms with E-state index < -0.39 is 0 Å². The van der Waals surface area contributed by atoms with E-state index in [4.69, 9.17) is 15.0 Å². The molecule has 0 unspecified atom stereocenters. The molecule has 0 aliphatic carbocycles. The standard InChI is InChI=1S/C24H29N5O2/c1-18-8-9-19(2)22(16-18)26-24(29-14-12-28(13-15-29)11-5-10-25)27-23(30)20-6-4-7-21(17-20)31-3/h4,6-9,16-17H,5,11-15H2,1-3H3,(H,26,27,30). The van der Waals surface area contributed by atoms with Crippen LogP contribution in [0, 0.1) is 25.2 Å². The molecule has 1 aliphatic rings. The fraction of sp³-hybridized carbons (Fsp3) is 0.375. The van der Waals surface area contributed by atoms with Gasteiger partial charge in [0.15, 0.2) is 0 Å². The number of nitriles is 1. The highest BCUT2D eigenvalue weighted by Gasteiger charge is 2.22. The van der Waals surface area contributed by atoms with Crippen LogP contribution in [0.1, 0.15) is 27.9 Å². The average molecular weight is 420 g/mol. The van der Waals surface area contributed by atoms with Gasteiger partial charge in [-0.3, -0.25) is 15.0 Å². The summed E-state index contributed by atoms with van der Waals surface area (Å²) in [7, 11) is 1.58. The van der Waals surface area contributed by atoms with Crippen molar-refractivity contribution in [2.24, 2.45) is 4.99 Å². The van der Waals surface area contributed by atoms with Crippen LogP contribution in [0.2, 0.25) is 0 Å². The van der Waals surface area contributed by atoms with E-state index in [0.29, 0.717) is 23.7 Å². The van der Waals surface area contributed by atoms with E-state index in [1.54, 1.807) is 25.3 Å². The van der Waals surface area contributed by atoms with Crippen LogP contribution in [0.3, 0.4) is 0 Å². The Morgan fingerprint density at radius 1 is 1.16 bits per heavy atom. The first kappa shape index (κ1) is 22.3. The Morgan fingerprint density at radius 2 is 1.94 bits per heavy atom. The quantitative estimate of drug-likeness (QED) is 0.594. The summed E-state index contributed by atoms with van der Waals surface area (Å²) in [5.74, 6) is 0.947. The SMILES string of the molecule is COc1cccc(C(=O)NC(=Nc2cc(C)ccc2C)N2CCN(CCC#N)CC2)c1. The van der Waals surface area contributed by atoms with E-state index in [0.717, 1.165) is 49.5 Å². The number of nitrogens with one attached hydrogen (secondary N) is 1. The fourth-order valence-corrected chi connectivity index (χ4v) is 3.46. The molecule has 7 heteroatoms. The van der Waals surface area contributed by atoms with Crippen molar-refractivity contribution in [2.75, 3.05) is 39.8 Å². The highest BCUT2D eigenvalue weighted by molar-refractivity contribution is 6.06. The third kappa shape index (κ3) is 6.06. The predicted octanol–water partition coefficient (Wildman–Crippen LogP) is 3.26. The molecule has 1 aliphatic heterocycles. The van der Waals surface area contributed by atoms with Crippen LogP contribution < -0.4 is 10.1 Å². The number of aryl methyl sites for hydroxylation is 2. The van der Waals surface area contributed by atoms with Gasteiger partial charge < -0.3 is 9.64 Å². The van der Waals surface area contributed by atoms with Gasteiger partial charge in [0.2, 0.25) is 5.96 Å². The van der Waals surface area contributed by atoms with Gasteiger partial charge in [-0.25, -0.2) is 4.99 Å². The van der Waals surface area contributed by atoms with Crippen molar-refractivity contribution >= 4 is 17.6 Å². The number of benzene rings is 2. The Labute approximate surface area is 183 Å². The first-order valence-electron chi connectivity index (χ1n) is 10.5. The lowest BCUT2D eigenvalue weighted by Crippen LogP contribution is -2.53. The minimum Gasteiger partial charge on any atom is -0.497 e. The third-order valence-electron chi connectivity index (χ3n) is 5.36. The average Bonchev–Trinajstić information content (AvgIpc) is 2.80. The molecule has 1 N–H and O–H groups in total. The van der Waals surface area contributed by atoms with Crippen LogP contribution in [0.25, 0.3) is 0 Å². The van der Waals surface area contributed by atoms with Crippen molar-refractivity contribution in [3.05, 3.63) is 59.2 Å². The van der Waals surface area contributed by atoms with Gasteiger partial charge in [0, 0.05) is 44.7 Å². The number of ether oxygens (including phenoxy) is 1. The number of piperazine rings is 1. The second-order valence-corrected chi connectivity index (χ2v) is 7.65. The fourth-order valence-electron chi connectivity index (χ4n) is 3.46. The summed E-state index contributed by atoms with van der Waals surface area (Å²) in [6.07, 6.45) is 0.524. The zero-order chi connectivity index (χ0) is 22.2. The second kappa shape index (κ2) is 10.6. The van der Waals surface area contributed by atoms with Crippen molar-refractivity contribution in [3.63, 3.8) is 0 Å². The van der Waals surface area contributed by atoms with Crippen LogP contribution >= 0.6 is 0 Å². The highest BCUT2D eigenvalue weighted by Crippen LogP contribution is 2.21. The third-order valence-corrected chi connectivity index (χ3v) is 5.36. The van der Waals surface area contributed by atoms with Gasteiger partial charge in [0.25, 0.3) is 5.91 Å². The second-order valence-electron chi connectivity index (χ2n) is 7.65. The summed E-state index contributed by atoms with van der Waals surface area (Å²) in [4.78, 5) is 22.2. The molecule has 0 spiro atoms. The largest absolute Gasteiger partial charge is 0.497 e. The number of amides is 1. The summed E-state index contributed by atoms with van der Waals surface area (Å²) < 4.78 is 5.25. The summed E-state index contributed by atoms with van der Waals surface area (Å²) in [6.45, 7) is 7.91. The lowest BCUT2D eigenvalue weighted by atomic mass is 10.1. The highest BCUT2D eigenvalue weighted by atomic mass is 16.5. The smallest absolute Gasteiger partial charge is 0.258 e. The molecule has 1 saturated heterocycles. The van der Waals surface area contributed by atoms with Crippen molar-refractivity contribution in [1.82, 2.24) is 15.1 Å². The maximum Gasteiger partial charge on any atom is 0.258 e. The van der Waals surface area contributed by atoms with Gasteiger partial charge in [-0.15, -0.1) is 0 Å². The van der Waals surface area contributed by atoms with Gasteiger partial charge in [0.1, 0.15) is 5.75 Å². The van der Waals surface area contributed by atoms with Crippen molar-refractivity contribution < 1.29 is 9.53 Å². The topological polar surface area (TPSA) is 81.0 Å². The number of aliphatic imine (C=N–C) groups is 1. The lowest BCUT2D eigenvalue weighted by molar-refractivity contribution is 0.0967. The molecule has 0 saturated carbocycles. The maximum absolute atomic E-state index is 13.0. The number of hydrogen-bond acceptors (Lipinski definition) is 5. The summed E-state index contributed by atoms with van der Waals surface area (Å²) in [5, 5.41) is 11.8. The molecule has 0 aromatic heterocycles. The van der Waals surface area contributed by atoms with E-state index in [-0.39, 0.29) is 5.91 Å². The Hall–Kier alpha value is -3.37. The van der Waals surface area contributed by atoms with Gasteiger partial charge >= 0.3 is 0 Å². The van der Waals surface area contributed by atoms with Gasteiger partial charge in [0.05, 0.1) is 18.9 Å². The molecule has 1 fully saturated rings. The summed E-state index contributed by atoms with van der Waals surface area (Å²) >= 11 is 0. The van der Waals surface area contributed by atoms with E-state index in [1.165, 1.54) is 0 Å². The lowest BCUT2D eigenvalue weighted by Gasteiger charge is -2.36. The first-order valence-corrected chi connectivity index (χ1v) is 10.5.